The van der Waals surface area contributed by atoms with Crippen LogP contribution in [0.25, 0.3) is 0 Å². The molecule has 0 aliphatic heterocycles. The van der Waals surface area contributed by atoms with Gasteiger partial charge < -0.3 is 10.2 Å². The van der Waals surface area contributed by atoms with E-state index in [0.717, 1.165) is 0 Å². The molecule has 0 saturated heterocycles. The van der Waals surface area contributed by atoms with Gasteiger partial charge in [0.15, 0.2) is 0 Å². The summed E-state index contributed by atoms with van der Waals surface area (Å²) in [5, 5.41) is 18.2. The van der Waals surface area contributed by atoms with Gasteiger partial charge in [-0.15, -0.1) is 0 Å². The van der Waals surface area contributed by atoms with Gasteiger partial charge in [0, 0.05) is 0 Å². The zero-order valence-corrected chi connectivity index (χ0v) is 14.9. The van der Waals surface area contributed by atoms with Crippen LogP contribution < -0.4 is 0 Å². The molecule has 0 aliphatic rings. The van der Waals surface area contributed by atoms with Crippen molar-refractivity contribution in [2.45, 2.75) is 31.4 Å². The highest BCUT2D eigenvalue weighted by Crippen LogP contribution is 2.64. The summed E-state index contributed by atoms with van der Waals surface area (Å²) >= 11 is 0. The Morgan fingerprint density at radius 3 is 1.73 bits per heavy atom. The molecular formula is C18H21F2O5P. The van der Waals surface area contributed by atoms with E-state index in [9.17, 15) is 18.5 Å². The third kappa shape index (κ3) is 5.69. The van der Waals surface area contributed by atoms with Gasteiger partial charge in [-0.05, 0) is 11.1 Å². The second-order valence-electron chi connectivity index (χ2n) is 5.72. The minimum Gasteiger partial charge on any atom is -0.394 e. The molecule has 5 nitrogen and oxygen atoms in total. The fourth-order valence-electron chi connectivity index (χ4n) is 2.15. The lowest BCUT2D eigenvalue weighted by molar-refractivity contribution is -0.0240. The van der Waals surface area contributed by atoms with E-state index in [1.165, 1.54) is 0 Å². The fourth-order valence-corrected chi connectivity index (χ4v) is 3.68. The van der Waals surface area contributed by atoms with Crippen molar-refractivity contribution in [3.8, 4) is 0 Å². The van der Waals surface area contributed by atoms with Gasteiger partial charge in [0.1, 0.15) is 0 Å². The van der Waals surface area contributed by atoms with Gasteiger partial charge in [-0.25, -0.2) is 0 Å². The molecular weight excluding hydrogens is 365 g/mol. The third-order valence-corrected chi connectivity index (χ3v) is 5.50. The highest BCUT2D eigenvalue weighted by atomic mass is 31.2. The van der Waals surface area contributed by atoms with Crippen molar-refractivity contribution in [1.29, 1.82) is 0 Å². The topological polar surface area (TPSA) is 76.0 Å². The fraction of sp³-hybridized carbons (Fsp3) is 0.333. The number of hydrogen-bond donors (Lipinski definition) is 2. The minimum absolute atomic E-state index is 0.336. The van der Waals surface area contributed by atoms with Gasteiger partial charge in [-0.1, -0.05) is 60.7 Å². The van der Waals surface area contributed by atoms with E-state index in [0.29, 0.717) is 11.1 Å². The Morgan fingerprint density at radius 1 is 0.923 bits per heavy atom. The first-order valence-electron chi connectivity index (χ1n) is 8.00. The number of rotatable bonds is 10. The lowest BCUT2D eigenvalue weighted by Crippen LogP contribution is -2.28. The first-order valence-corrected chi connectivity index (χ1v) is 9.54. The molecule has 2 rings (SSSR count). The quantitative estimate of drug-likeness (QED) is 0.605. The van der Waals surface area contributed by atoms with Gasteiger partial charge in [-0.2, -0.15) is 8.78 Å². The van der Waals surface area contributed by atoms with Crippen LogP contribution in [-0.4, -0.2) is 28.6 Å². The zero-order chi connectivity index (χ0) is 19.0. The Labute approximate surface area is 150 Å². The van der Waals surface area contributed by atoms with Crippen molar-refractivity contribution in [2.75, 3.05) is 6.61 Å². The molecule has 142 valence electrons. The van der Waals surface area contributed by atoms with E-state index < -0.39 is 32.4 Å². The van der Waals surface area contributed by atoms with Crippen LogP contribution in [0.2, 0.25) is 0 Å². The number of aliphatic hydroxyl groups is 2. The Bertz CT molecular complexity index is 665. The smallest absolute Gasteiger partial charge is 0.394 e. The average molecular weight is 386 g/mol. The predicted octanol–water partition coefficient (Wildman–Crippen LogP) is 3.95. The predicted molar refractivity (Wildman–Crippen MR) is 92.7 cm³/mol. The molecule has 0 heterocycles. The maximum Gasteiger partial charge on any atom is 0.400 e. The Kier molecular flexibility index (Phi) is 7.43. The second-order valence-corrected chi connectivity index (χ2v) is 7.89. The Hall–Kier alpha value is -1.63. The van der Waals surface area contributed by atoms with Gasteiger partial charge in [0.05, 0.1) is 32.3 Å². The molecule has 0 amide bonds. The van der Waals surface area contributed by atoms with Gasteiger partial charge in [-0.3, -0.25) is 13.6 Å². The lowest BCUT2D eigenvalue weighted by Gasteiger charge is -2.27. The highest BCUT2D eigenvalue weighted by molar-refractivity contribution is 7.55. The van der Waals surface area contributed by atoms with E-state index >= 15 is 0 Å². The number of halogens is 2. The van der Waals surface area contributed by atoms with Crippen LogP contribution in [0.3, 0.4) is 0 Å². The van der Waals surface area contributed by atoms with Crippen molar-refractivity contribution in [2.24, 2.45) is 0 Å². The SMILES string of the molecule is O=P(OCc1ccccc1)(OCc1ccccc1)C(F)(F)CC(O)CO. The molecule has 2 N–H and O–H groups in total. The monoisotopic (exact) mass is 386 g/mol. The summed E-state index contributed by atoms with van der Waals surface area (Å²) in [5.41, 5.74) is -2.86. The summed E-state index contributed by atoms with van der Waals surface area (Å²) in [7, 11) is -4.92. The number of aliphatic hydroxyl groups excluding tert-OH is 2. The molecule has 0 bridgehead atoms. The Balaban J connectivity index is 2.16. The normalized spacial score (nSPS) is 13.5. The first-order chi connectivity index (χ1) is 12.4. The molecule has 26 heavy (non-hydrogen) atoms. The number of hydrogen-bond acceptors (Lipinski definition) is 5. The summed E-state index contributed by atoms with van der Waals surface area (Å²) in [6.45, 7) is -1.55. The molecule has 0 aliphatic carbocycles. The van der Waals surface area contributed by atoms with E-state index in [1.54, 1.807) is 60.7 Å². The summed E-state index contributed by atoms with van der Waals surface area (Å²) in [5.74, 6) is 0. The van der Waals surface area contributed by atoms with Crippen molar-refractivity contribution >= 4 is 7.60 Å². The number of alkyl halides is 2. The standard InChI is InChI=1S/C18H21F2O5P/c19-18(20,11-17(22)12-21)26(23,24-13-15-7-3-1-4-8-15)25-14-16-9-5-2-6-10-16/h1-10,17,21-22H,11-14H2. The second kappa shape index (κ2) is 9.35. The van der Waals surface area contributed by atoms with Crippen LogP contribution in [0.15, 0.2) is 60.7 Å². The molecule has 8 heteroatoms. The van der Waals surface area contributed by atoms with Crippen LogP contribution in [0.1, 0.15) is 17.5 Å². The van der Waals surface area contributed by atoms with E-state index in [1.807, 2.05) is 0 Å². The third-order valence-electron chi connectivity index (χ3n) is 3.58. The number of benzene rings is 2. The zero-order valence-electron chi connectivity index (χ0n) is 14.0. The molecule has 2 aromatic rings. The van der Waals surface area contributed by atoms with Crippen molar-refractivity contribution < 1.29 is 32.6 Å². The van der Waals surface area contributed by atoms with Crippen molar-refractivity contribution in [3.05, 3.63) is 71.8 Å². The maximum absolute atomic E-state index is 14.5. The van der Waals surface area contributed by atoms with E-state index in [2.05, 4.69) is 0 Å². The molecule has 0 radical (unpaired) electrons. The van der Waals surface area contributed by atoms with Gasteiger partial charge in [0.2, 0.25) is 0 Å². The first kappa shape index (κ1) is 20.7. The van der Waals surface area contributed by atoms with Crippen molar-refractivity contribution in [3.63, 3.8) is 0 Å². The van der Waals surface area contributed by atoms with Crippen LogP contribution in [0, 0.1) is 0 Å². The lowest BCUT2D eigenvalue weighted by atomic mass is 10.2. The maximum atomic E-state index is 14.5. The van der Waals surface area contributed by atoms with E-state index in [4.69, 9.17) is 14.2 Å². The highest BCUT2D eigenvalue weighted by Gasteiger charge is 2.54. The summed E-state index contributed by atoms with van der Waals surface area (Å²) in [6, 6.07) is 16.9. The van der Waals surface area contributed by atoms with Crippen LogP contribution in [0.4, 0.5) is 8.78 Å². The average Bonchev–Trinajstić information content (AvgIpc) is 2.66. The summed E-state index contributed by atoms with van der Waals surface area (Å²) in [4.78, 5) is 0. The Morgan fingerprint density at radius 2 is 1.35 bits per heavy atom. The van der Waals surface area contributed by atoms with Crippen LogP contribution >= 0.6 is 7.60 Å². The molecule has 1 unspecified atom stereocenters. The van der Waals surface area contributed by atoms with Gasteiger partial charge >= 0.3 is 13.3 Å². The molecule has 0 fully saturated rings. The molecule has 0 aromatic heterocycles. The van der Waals surface area contributed by atoms with Crippen molar-refractivity contribution in [1.82, 2.24) is 0 Å². The summed E-state index contributed by atoms with van der Waals surface area (Å²) in [6.07, 6.45) is -2.97. The molecule has 0 saturated carbocycles. The van der Waals surface area contributed by atoms with Crippen LogP contribution in [0.5, 0.6) is 0 Å². The molecule has 0 spiro atoms. The molecule has 2 aromatic carbocycles. The van der Waals surface area contributed by atoms with E-state index in [-0.39, 0.29) is 13.2 Å². The summed E-state index contributed by atoms with van der Waals surface area (Å²) < 4.78 is 52.0. The molecule has 1 atom stereocenters. The largest absolute Gasteiger partial charge is 0.400 e. The van der Waals surface area contributed by atoms with Gasteiger partial charge in [0.25, 0.3) is 0 Å². The minimum atomic E-state index is -4.92. The van der Waals surface area contributed by atoms with Crippen LogP contribution in [-0.2, 0) is 26.8 Å².